The van der Waals surface area contributed by atoms with Crippen LogP contribution in [0.1, 0.15) is 61.8 Å². The molecule has 0 bridgehead atoms. The zero-order valence-electron chi connectivity index (χ0n) is 16.8. The fourth-order valence-corrected chi connectivity index (χ4v) is 4.58. The van der Waals surface area contributed by atoms with Crippen molar-refractivity contribution in [1.29, 1.82) is 0 Å². The molecule has 0 aromatic heterocycles. The van der Waals surface area contributed by atoms with Crippen molar-refractivity contribution >= 4 is 5.91 Å². The van der Waals surface area contributed by atoms with E-state index in [0.717, 1.165) is 25.7 Å². The van der Waals surface area contributed by atoms with Crippen LogP contribution in [0.25, 0.3) is 0 Å². The summed E-state index contributed by atoms with van der Waals surface area (Å²) in [7, 11) is 0. The third-order valence-corrected chi connectivity index (χ3v) is 6.11. The van der Waals surface area contributed by atoms with E-state index in [0.29, 0.717) is 6.54 Å². The Bertz CT molecular complexity index is 609. The van der Waals surface area contributed by atoms with Crippen LogP contribution in [0.2, 0.25) is 0 Å². The Kier molecular flexibility index (Phi) is 6.71. The molecule has 26 heavy (non-hydrogen) atoms. The van der Waals surface area contributed by atoms with Crippen molar-refractivity contribution in [3.8, 4) is 0 Å². The summed E-state index contributed by atoms with van der Waals surface area (Å²) in [5, 5.41) is 3.20. The monoisotopic (exact) mass is 357 g/mol. The lowest BCUT2D eigenvalue weighted by Crippen LogP contribution is -2.41. The summed E-state index contributed by atoms with van der Waals surface area (Å²) in [6, 6.07) is 7.31. The van der Waals surface area contributed by atoms with Gasteiger partial charge in [-0.25, -0.2) is 0 Å². The first-order valence-electron chi connectivity index (χ1n) is 10.4. The van der Waals surface area contributed by atoms with Crippen molar-refractivity contribution in [2.45, 2.75) is 65.0 Å². The topological polar surface area (TPSA) is 35.6 Å². The number of rotatable bonds is 5. The van der Waals surface area contributed by atoms with Gasteiger partial charge in [0.25, 0.3) is 0 Å². The van der Waals surface area contributed by atoms with Crippen molar-refractivity contribution in [3.05, 3.63) is 34.9 Å². The fourth-order valence-electron chi connectivity index (χ4n) is 4.58. The van der Waals surface area contributed by atoms with Gasteiger partial charge in [-0.15, -0.1) is 0 Å². The Morgan fingerprint density at radius 3 is 2.65 bits per heavy atom. The molecule has 4 heteroatoms. The molecule has 1 aromatic carbocycles. The smallest absolute Gasteiger partial charge is 0.234 e. The molecule has 1 atom stereocenters. The second-order valence-corrected chi connectivity index (χ2v) is 8.25. The van der Waals surface area contributed by atoms with Gasteiger partial charge in [-0.2, -0.15) is 0 Å². The molecule has 0 unspecified atom stereocenters. The molecule has 1 amide bonds. The van der Waals surface area contributed by atoms with Gasteiger partial charge in [0.1, 0.15) is 0 Å². The van der Waals surface area contributed by atoms with Crippen LogP contribution in [0.4, 0.5) is 0 Å². The van der Waals surface area contributed by atoms with E-state index in [-0.39, 0.29) is 11.9 Å². The Morgan fingerprint density at radius 2 is 1.88 bits per heavy atom. The fraction of sp³-hybridized carbons (Fsp3) is 0.682. The quantitative estimate of drug-likeness (QED) is 0.877. The number of nitrogens with one attached hydrogen (secondary N) is 1. The molecule has 1 saturated carbocycles. The molecule has 3 rings (SSSR count). The van der Waals surface area contributed by atoms with E-state index in [2.05, 4.69) is 54.1 Å². The number of hydrogen-bond donors (Lipinski definition) is 1. The van der Waals surface area contributed by atoms with Crippen LogP contribution in [0, 0.1) is 13.8 Å². The molecular weight excluding hydrogens is 322 g/mol. The standard InChI is InChI=1S/C22H35N3O/c1-17-9-10-18(2)21(15-17)19(3)23-22(26)16-24-11-6-12-25(14-13-24)20-7-4-5-8-20/h9-10,15,19-20H,4-8,11-14,16H2,1-3H3,(H,23,26)/t19-/m1/s1. The Hall–Kier alpha value is -1.39. The van der Waals surface area contributed by atoms with Crippen LogP contribution in [0.5, 0.6) is 0 Å². The van der Waals surface area contributed by atoms with Gasteiger partial charge in [-0.3, -0.25) is 14.6 Å². The Labute approximate surface area is 158 Å². The molecule has 0 spiro atoms. The Balaban J connectivity index is 1.49. The first kappa shape index (κ1) is 19.4. The maximum absolute atomic E-state index is 12.6. The van der Waals surface area contributed by atoms with E-state index in [1.807, 2.05) is 0 Å². The lowest BCUT2D eigenvalue weighted by Gasteiger charge is -2.27. The van der Waals surface area contributed by atoms with Crippen molar-refractivity contribution in [3.63, 3.8) is 0 Å². The van der Waals surface area contributed by atoms with E-state index >= 15 is 0 Å². The highest BCUT2D eigenvalue weighted by Gasteiger charge is 2.25. The van der Waals surface area contributed by atoms with Crippen LogP contribution < -0.4 is 5.32 Å². The molecule has 1 aliphatic heterocycles. The molecule has 0 radical (unpaired) electrons. The van der Waals surface area contributed by atoms with E-state index in [1.54, 1.807) is 0 Å². The molecule has 1 saturated heterocycles. The predicted octanol–water partition coefficient (Wildman–Crippen LogP) is 3.43. The largest absolute Gasteiger partial charge is 0.348 e. The minimum atomic E-state index is 0.0596. The van der Waals surface area contributed by atoms with E-state index < -0.39 is 0 Å². The number of carbonyl (C=O) groups excluding carboxylic acids is 1. The molecule has 1 aliphatic carbocycles. The molecule has 1 N–H and O–H groups in total. The van der Waals surface area contributed by atoms with Crippen molar-refractivity contribution in [1.82, 2.24) is 15.1 Å². The zero-order chi connectivity index (χ0) is 18.5. The molecular formula is C22H35N3O. The lowest BCUT2D eigenvalue weighted by atomic mass is 10.00. The normalized spacial score (nSPS) is 21.5. The molecule has 144 valence electrons. The van der Waals surface area contributed by atoms with Crippen LogP contribution in [-0.4, -0.2) is 54.5 Å². The highest BCUT2D eigenvalue weighted by molar-refractivity contribution is 5.78. The summed E-state index contributed by atoms with van der Waals surface area (Å²) in [6.07, 6.45) is 6.70. The number of hydrogen-bond acceptors (Lipinski definition) is 3. The van der Waals surface area contributed by atoms with Gasteiger partial charge in [0.15, 0.2) is 0 Å². The van der Waals surface area contributed by atoms with Gasteiger partial charge in [-0.1, -0.05) is 36.6 Å². The maximum Gasteiger partial charge on any atom is 0.234 e. The van der Waals surface area contributed by atoms with Crippen LogP contribution >= 0.6 is 0 Å². The van der Waals surface area contributed by atoms with Gasteiger partial charge < -0.3 is 5.32 Å². The van der Waals surface area contributed by atoms with Crippen molar-refractivity contribution in [2.75, 3.05) is 32.7 Å². The highest BCUT2D eigenvalue weighted by Crippen LogP contribution is 2.24. The first-order valence-corrected chi connectivity index (χ1v) is 10.4. The summed E-state index contributed by atoms with van der Waals surface area (Å²) in [5.41, 5.74) is 3.71. The number of benzene rings is 1. The lowest BCUT2D eigenvalue weighted by molar-refractivity contribution is -0.122. The summed E-state index contributed by atoms with van der Waals surface area (Å²) in [6.45, 7) is 11.2. The van der Waals surface area contributed by atoms with E-state index in [9.17, 15) is 4.79 Å². The van der Waals surface area contributed by atoms with Crippen molar-refractivity contribution in [2.24, 2.45) is 0 Å². The highest BCUT2D eigenvalue weighted by atomic mass is 16.2. The van der Waals surface area contributed by atoms with Gasteiger partial charge >= 0.3 is 0 Å². The minimum absolute atomic E-state index is 0.0596. The summed E-state index contributed by atoms with van der Waals surface area (Å²) < 4.78 is 0. The summed E-state index contributed by atoms with van der Waals surface area (Å²) >= 11 is 0. The molecule has 2 aliphatic rings. The molecule has 1 aromatic rings. The van der Waals surface area contributed by atoms with Gasteiger partial charge in [0.05, 0.1) is 12.6 Å². The number of amides is 1. The first-order chi connectivity index (χ1) is 12.5. The second kappa shape index (κ2) is 9.01. The molecule has 2 fully saturated rings. The number of carbonyl (C=O) groups is 1. The van der Waals surface area contributed by atoms with Gasteiger partial charge in [0, 0.05) is 19.1 Å². The average molecular weight is 358 g/mol. The van der Waals surface area contributed by atoms with Crippen molar-refractivity contribution < 1.29 is 4.79 Å². The third-order valence-electron chi connectivity index (χ3n) is 6.11. The van der Waals surface area contributed by atoms with Gasteiger partial charge in [-0.05, 0) is 64.3 Å². The van der Waals surface area contributed by atoms with Crippen LogP contribution in [-0.2, 0) is 4.79 Å². The number of aryl methyl sites for hydroxylation is 2. The average Bonchev–Trinajstić information content (AvgIpc) is 3.04. The Morgan fingerprint density at radius 1 is 1.12 bits per heavy atom. The molecule has 1 heterocycles. The third kappa shape index (κ3) is 5.08. The summed E-state index contributed by atoms with van der Waals surface area (Å²) in [5.74, 6) is 0.146. The predicted molar refractivity (Wildman–Crippen MR) is 107 cm³/mol. The minimum Gasteiger partial charge on any atom is -0.348 e. The van der Waals surface area contributed by atoms with E-state index in [4.69, 9.17) is 0 Å². The summed E-state index contributed by atoms with van der Waals surface area (Å²) in [4.78, 5) is 17.6. The molecule has 4 nitrogen and oxygen atoms in total. The number of nitrogens with zero attached hydrogens (tertiary/aromatic N) is 2. The maximum atomic E-state index is 12.6. The van der Waals surface area contributed by atoms with Crippen LogP contribution in [0.3, 0.4) is 0 Å². The van der Waals surface area contributed by atoms with E-state index in [1.165, 1.54) is 55.3 Å². The van der Waals surface area contributed by atoms with Crippen LogP contribution in [0.15, 0.2) is 18.2 Å². The SMILES string of the molecule is Cc1ccc(C)c([C@@H](C)NC(=O)CN2CCCN(C3CCCC3)CC2)c1. The van der Waals surface area contributed by atoms with Gasteiger partial charge in [0.2, 0.25) is 5.91 Å². The zero-order valence-corrected chi connectivity index (χ0v) is 16.8. The second-order valence-electron chi connectivity index (χ2n) is 8.25.